The molecule has 0 aromatic heterocycles. The predicted molar refractivity (Wildman–Crippen MR) is 43.3 cm³/mol. The minimum Gasteiger partial charge on any atom is -0.329 e. The van der Waals surface area contributed by atoms with E-state index >= 15 is 0 Å². The van der Waals surface area contributed by atoms with Gasteiger partial charge in [0, 0.05) is 6.54 Å². The van der Waals surface area contributed by atoms with Gasteiger partial charge in [-0.05, 0) is 0 Å². The Balaban J connectivity index is -0.000000180. The zero-order chi connectivity index (χ0) is 5.70. The third kappa shape index (κ3) is 12.1. The highest BCUT2D eigenvalue weighted by Crippen LogP contribution is 1.89. The first-order chi connectivity index (χ1) is 3.31. The number of hydrogen-bond acceptors (Lipinski definition) is 3. The van der Waals surface area contributed by atoms with Crippen LogP contribution in [0.15, 0.2) is 0 Å². The summed E-state index contributed by atoms with van der Waals surface area (Å²) >= 11 is 5.44. The maximum absolute atomic E-state index is 5.44. The Hall–Kier alpha value is 0.750. The van der Waals surface area contributed by atoms with Crippen molar-refractivity contribution in [3.63, 3.8) is 0 Å². The molecule has 0 aromatic carbocycles. The Bertz CT molecular complexity index is 48.0. The van der Waals surface area contributed by atoms with Crippen molar-refractivity contribution in [3.05, 3.63) is 0 Å². The summed E-state index contributed by atoms with van der Waals surface area (Å²) in [7, 11) is 0. The molecule has 0 rings (SSSR count). The van der Waals surface area contributed by atoms with Gasteiger partial charge in [-0.25, -0.2) is 5.90 Å². The SMILES string of the molecule is Cl.Cl.NCC(Cl)CON. The molecule has 0 fully saturated rings. The summed E-state index contributed by atoms with van der Waals surface area (Å²) in [5.41, 5.74) is 5.09. The van der Waals surface area contributed by atoms with E-state index in [1.807, 2.05) is 0 Å². The smallest absolute Gasteiger partial charge is 0.0855 e. The molecule has 0 aliphatic heterocycles. The van der Waals surface area contributed by atoms with Crippen LogP contribution in [-0.4, -0.2) is 18.5 Å². The van der Waals surface area contributed by atoms with Crippen molar-refractivity contribution in [3.8, 4) is 0 Å². The molecule has 0 spiro atoms. The molecule has 6 heteroatoms. The van der Waals surface area contributed by atoms with E-state index in [4.69, 9.17) is 17.3 Å². The van der Waals surface area contributed by atoms with Crippen LogP contribution in [0.25, 0.3) is 0 Å². The third-order valence-electron chi connectivity index (χ3n) is 0.533. The van der Waals surface area contributed by atoms with Gasteiger partial charge in [0.25, 0.3) is 0 Å². The molecular weight excluding hydrogens is 186 g/mol. The quantitative estimate of drug-likeness (QED) is 0.505. The number of halogens is 3. The van der Waals surface area contributed by atoms with Crippen molar-refractivity contribution < 1.29 is 4.84 Å². The van der Waals surface area contributed by atoms with Gasteiger partial charge >= 0.3 is 0 Å². The van der Waals surface area contributed by atoms with Gasteiger partial charge in [0.2, 0.25) is 0 Å². The van der Waals surface area contributed by atoms with Gasteiger partial charge in [-0.3, -0.25) is 0 Å². The van der Waals surface area contributed by atoms with Gasteiger partial charge in [-0.1, -0.05) is 0 Å². The van der Waals surface area contributed by atoms with Crippen LogP contribution < -0.4 is 11.6 Å². The highest BCUT2D eigenvalue weighted by atomic mass is 35.5. The van der Waals surface area contributed by atoms with Crippen molar-refractivity contribution >= 4 is 36.4 Å². The Labute approximate surface area is 71.8 Å². The molecule has 4 N–H and O–H groups in total. The van der Waals surface area contributed by atoms with E-state index in [-0.39, 0.29) is 30.2 Å². The molecule has 60 valence electrons. The summed E-state index contributed by atoms with van der Waals surface area (Å²) < 4.78 is 0. The summed E-state index contributed by atoms with van der Waals surface area (Å²) in [6, 6.07) is 0. The van der Waals surface area contributed by atoms with Gasteiger partial charge in [0.05, 0.1) is 12.0 Å². The molecule has 0 heterocycles. The Morgan fingerprint density at radius 3 is 2.00 bits per heavy atom. The fraction of sp³-hybridized carbons (Fsp3) is 1.00. The lowest BCUT2D eigenvalue weighted by Crippen LogP contribution is -2.21. The van der Waals surface area contributed by atoms with Gasteiger partial charge in [0.15, 0.2) is 0 Å². The molecule has 0 aromatic rings. The van der Waals surface area contributed by atoms with Crippen LogP contribution in [0.5, 0.6) is 0 Å². The lowest BCUT2D eigenvalue weighted by Gasteiger charge is -2.00. The molecule has 1 atom stereocenters. The summed E-state index contributed by atoms with van der Waals surface area (Å²) in [5.74, 6) is 4.66. The maximum atomic E-state index is 5.44. The van der Waals surface area contributed by atoms with E-state index in [1.165, 1.54) is 0 Å². The topological polar surface area (TPSA) is 61.3 Å². The van der Waals surface area contributed by atoms with E-state index in [0.29, 0.717) is 13.2 Å². The van der Waals surface area contributed by atoms with Crippen molar-refractivity contribution in [1.29, 1.82) is 0 Å². The van der Waals surface area contributed by atoms with Gasteiger partial charge in [0.1, 0.15) is 0 Å². The molecule has 0 saturated carbocycles. The zero-order valence-electron chi connectivity index (χ0n) is 4.75. The summed E-state index contributed by atoms with van der Waals surface area (Å²) in [6.45, 7) is 0.719. The van der Waals surface area contributed by atoms with Crippen LogP contribution in [0.1, 0.15) is 0 Å². The minimum atomic E-state index is -0.148. The summed E-state index contributed by atoms with van der Waals surface area (Å²) in [5, 5.41) is -0.148. The number of rotatable bonds is 3. The van der Waals surface area contributed by atoms with Gasteiger partial charge < -0.3 is 10.6 Å². The van der Waals surface area contributed by atoms with Crippen molar-refractivity contribution in [1.82, 2.24) is 0 Å². The van der Waals surface area contributed by atoms with E-state index in [0.717, 1.165) is 0 Å². The monoisotopic (exact) mass is 196 g/mol. The molecule has 0 aliphatic rings. The summed E-state index contributed by atoms with van der Waals surface area (Å²) in [4.78, 5) is 4.18. The lowest BCUT2D eigenvalue weighted by molar-refractivity contribution is 0.139. The number of nitrogens with two attached hydrogens (primary N) is 2. The van der Waals surface area contributed by atoms with Gasteiger partial charge in [-0.2, -0.15) is 0 Å². The maximum Gasteiger partial charge on any atom is 0.0855 e. The molecule has 0 aliphatic carbocycles. The largest absolute Gasteiger partial charge is 0.329 e. The second-order valence-electron chi connectivity index (χ2n) is 1.17. The third-order valence-corrected chi connectivity index (χ3v) is 0.837. The minimum absolute atomic E-state index is 0. The molecule has 1 unspecified atom stereocenters. The first-order valence-electron chi connectivity index (χ1n) is 1.97. The average molecular weight is 197 g/mol. The van der Waals surface area contributed by atoms with E-state index < -0.39 is 0 Å². The molecule has 9 heavy (non-hydrogen) atoms. The van der Waals surface area contributed by atoms with E-state index in [9.17, 15) is 0 Å². The zero-order valence-corrected chi connectivity index (χ0v) is 7.14. The summed E-state index contributed by atoms with van der Waals surface area (Å²) in [6.07, 6.45) is 0. The molecule has 0 bridgehead atoms. The van der Waals surface area contributed by atoms with Crippen LogP contribution in [0.4, 0.5) is 0 Å². The normalized spacial score (nSPS) is 11.0. The molecule has 0 saturated heterocycles. The number of alkyl halides is 1. The predicted octanol–water partition coefficient (Wildman–Crippen LogP) is 0.286. The number of hydrogen-bond donors (Lipinski definition) is 2. The van der Waals surface area contributed by atoms with E-state index in [2.05, 4.69) is 10.7 Å². The van der Waals surface area contributed by atoms with Crippen LogP contribution in [0.2, 0.25) is 0 Å². The molecular formula is C3H11Cl3N2O. The highest BCUT2D eigenvalue weighted by Gasteiger charge is 1.97. The fourth-order valence-corrected chi connectivity index (χ4v) is 0.245. The Morgan fingerprint density at radius 2 is 1.89 bits per heavy atom. The standard InChI is InChI=1S/C3H9ClN2O.2ClH/c4-3(1-5)2-7-6;;/h3H,1-2,5-6H2;2*1H. The van der Waals surface area contributed by atoms with Crippen LogP contribution in [-0.2, 0) is 4.84 Å². The molecule has 0 amide bonds. The highest BCUT2D eigenvalue weighted by molar-refractivity contribution is 6.20. The second-order valence-corrected chi connectivity index (χ2v) is 1.78. The lowest BCUT2D eigenvalue weighted by atomic mass is 10.5. The van der Waals surface area contributed by atoms with Crippen molar-refractivity contribution in [2.45, 2.75) is 5.38 Å². The molecule has 0 radical (unpaired) electrons. The van der Waals surface area contributed by atoms with Crippen molar-refractivity contribution in [2.75, 3.05) is 13.2 Å². The first-order valence-corrected chi connectivity index (χ1v) is 2.40. The average Bonchev–Trinajstić information content (AvgIpc) is 1.68. The Kier molecular flexibility index (Phi) is 21.0. The van der Waals surface area contributed by atoms with E-state index in [1.54, 1.807) is 0 Å². The van der Waals surface area contributed by atoms with Crippen LogP contribution >= 0.6 is 36.4 Å². The van der Waals surface area contributed by atoms with Crippen molar-refractivity contribution in [2.24, 2.45) is 11.6 Å². The van der Waals surface area contributed by atoms with Crippen LogP contribution in [0.3, 0.4) is 0 Å². The first kappa shape index (κ1) is 16.4. The second kappa shape index (κ2) is 11.5. The molecule has 3 nitrogen and oxygen atoms in total. The van der Waals surface area contributed by atoms with Crippen LogP contribution in [0, 0.1) is 0 Å². The van der Waals surface area contributed by atoms with Gasteiger partial charge in [-0.15, -0.1) is 36.4 Å². The Morgan fingerprint density at radius 1 is 1.44 bits per heavy atom. The fourth-order valence-electron chi connectivity index (χ4n) is 0.172.